The molecule has 0 aromatic carbocycles. The topological polar surface area (TPSA) is 36.9 Å². The zero-order chi connectivity index (χ0) is 16.1. The molecule has 0 radical (unpaired) electrons. The zero-order valence-electron chi connectivity index (χ0n) is 15.1. The molecule has 1 saturated heterocycles. The molecule has 4 nitrogen and oxygen atoms in total. The minimum absolute atomic E-state index is 0.832. The molecule has 3 fully saturated rings. The number of nitrogens with zero attached hydrogens (tertiary/aromatic N) is 2. The van der Waals surface area contributed by atoms with Crippen LogP contribution in [0.5, 0.6) is 0 Å². The molecule has 3 atom stereocenters. The van der Waals surface area contributed by atoms with Crippen LogP contribution in [0.3, 0.4) is 0 Å². The molecule has 1 N–H and O–H groups in total. The Labute approximate surface area is 142 Å². The number of ether oxygens (including phenoxy) is 1. The van der Waals surface area contributed by atoms with Gasteiger partial charge in [-0.2, -0.15) is 0 Å². The SMILES string of the molecule is CN=C(NCCC1CC2CCC1C2)N(C)CCC1CCOCC1. The molecule has 3 rings (SSSR count). The Morgan fingerprint density at radius 1 is 1.13 bits per heavy atom. The van der Waals surface area contributed by atoms with Crippen molar-refractivity contribution in [2.24, 2.45) is 28.7 Å². The van der Waals surface area contributed by atoms with E-state index in [1.807, 2.05) is 7.05 Å². The van der Waals surface area contributed by atoms with Crippen molar-refractivity contribution in [3.05, 3.63) is 0 Å². The number of hydrogen-bond acceptors (Lipinski definition) is 2. The first-order chi connectivity index (χ1) is 11.3. The lowest BCUT2D eigenvalue weighted by Crippen LogP contribution is -2.41. The zero-order valence-corrected chi connectivity index (χ0v) is 15.1. The fourth-order valence-electron chi connectivity index (χ4n) is 5.00. The highest BCUT2D eigenvalue weighted by Gasteiger charge is 2.38. The average Bonchev–Trinajstić information content (AvgIpc) is 3.20. The molecule has 1 heterocycles. The van der Waals surface area contributed by atoms with E-state index < -0.39 is 0 Å². The number of aliphatic imine (C=N–C) groups is 1. The van der Waals surface area contributed by atoms with Crippen LogP contribution >= 0.6 is 0 Å². The summed E-state index contributed by atoms with van der Waals surface area (Å²) >= 11 is 0. The number of rotatable bonds is 6. The summed E-state index contributed by atoms with van der Waals surface area (Å²) in [5, 5.41) is 3.59. The van der Waals surface area contributed by atoms with Crippen LogP contribution in [0.25, 0.3) is 0 Å². The van der Waals surface area contributed by atoms with Gasteiger partial charge in [-0.15, -0.1) is 0 Å². The molecule has 4 heteroatoms. The maximum absolute atomic E-state index is 5.45. The summed E-state index contributed by atoms with van der Waals surface area (Å²) in [7, 11) is 4.08. The summed E-state index contributed by atoms with van der Waals surface area (Å²) in [5.74, 6) is 4.98. The molecule has 3 aliphatic rings. The Balaban J connectivity index is 1.33. The van der Waals surface area contributed by atoms with E-state index in [-0.39, 0.29) is 0 Å². The van der Waals surface area contributed by atoms with Crippen LogP contribution in [-0.2, 0) is 4.74 Å². The number of hydrogen-bond donors (Lipinski definition) is 1. The number of fused-ring (bicyclic) bond motifs is 2. The monoisotopic (exact) mass is 321 g/mol. The third-order valence-corrected chi connectivity index (χ3v) is 6.47. The molecule has 23 heavy (non-hydrogen) atoms. The predicted octanol–water partition coefficient (Wildman–Crippen LogP) is 3.14. The van der Waals surface area contributed by atoms with Crippen molar-refractivity contribution in [1.29, 1.82) is 0 Å². The smallest absolute Gasteiger partial charge is 0.193 e. The van der Waals surface area contributed by atoms with Crippen LogP contribution in [0.1, 0.15) is 51.4 Å². The Hall–Kier alpha value is -0.770. The van der Waals surface area contributed by atoms with Gasteiger partial charge in [-0.1, -0.05) is 6.42 Å². The maximum Gasteiger partial charge on any atom is 0.193 e. The fourth-order valence-corrected chi connectivity index (χ4v) is 5.00. The van der Waals surface area contributed by atoms with Gasteiger partial charge in [0.1, 0.15) is 0 Å². The van der Waals surface area contributed by atoms with Crippen molar-refractivity contribution in [2.75, 3.05) is 40.4 Å². The summed E-state index contributed by atoms with van der Waals surface area (Å²) in [6.07, 6.45) is 11.0. The second-order valence-electron chi connectivity index (χ2n) is 7.96. The second kappa shape index (κ2) is 8.36. The van der Waals surface area contributed by atoms with Crippen molar-refractivity contribution in [3.8, 4) is 0 Å². The molecule has 0 amide bonds. The average molecular weight is 322 g/mol. The molecule has 2 bridgehead atoms. The van der Waals surface area contributed by atoms with Gasteiger partial charge >= 0.3 is 0 Å². The minimum Gasteiger partial charge on any atom is -0.381 e. The lowest BCUT2D eigenvalue weighted by molar-refractivity contribution is 0.0625. The quantitative estimate of drug-likeness (QED) is 0.603. The fraction of sp³-hybridized carbons (Fsp3) is 0.947. The van der Waals surface area contributed by atoms with E-state index in [9.17, 15) is 0 Å². The van der Waals surface area contributed by atoms with Gasteiger partial charge in [0.2, 0.25) is 0 Å². The normalized spacial score (nSPS) is 31.6. The summed E-state index contributed by atoms with van der Waals surface area (Å²) in [6.45, 7) is 4.08. The standard InChI is InChI=1S/C19H35N3O/c1-20-19(22(2)10-6-15-7-11-23-12-8-15)21-9-5-18-14-16-3-4-17(18)13-16/h15-18H,3-14H2,1-2H3,(H,20,21). The van der Waals surface area contributed by atoms with Gasteiger partial charge < -0.3 is 15.0 Å². The highest BCUT2D eigenvalue weighted by Crippen LogP contribution is 2.49. The van der Waals surface area contributed by atoms with E-state index >= 15 is 0 Å². The number of guanidine groups is 1. The van der Waals surface area contributed by atoms with Crippen molar-refractivity contribution in [1.82, 2.24) is 10.2 Å². The highest BCUT2D eigenvalue weighted by molar-refractivity contribution is 5.79. The summed E-state index contributed by atoms with van der Waals surface area (Å²) in [4.78, 5) is 6.77. The lowest BCUT2D eigenvalue weighted by Gasteiger charge is -2.27. The van der Waals surface area contributed by atoms with Crippen molar-refractivity contribution in [3.63, 3.8) is 0 Å². The van der Waals surface area contributed by atoms with E-state index in [2.05, 4.69) is 22.3 Å². The van der Waals surface area contributed by atoms with Crippen molar-refractivity contribution < 1.29 is 4.74 Å². The summed E-state index contributed by atoms with van der Waals surface area (Å²) < 4.78 is 5.45. The molecule has 0 spiro atoms. The third kappa shape index (κ3) is 4.62. The van der Waals surface area contributed by atoms with Crippen LogP contribution in [0, 0.1) is 23.7 Å². The van der Waals surface area contributed by atoms with E-state index in [0.29, 0.717) is 0 Å². The lowest BCUT2D eigenvalue weighted by atomic mass is 9.86. The van der Waals surface area contributed by atoms with Gasteiger partial charge in [0.25, 0.3) is 0 Å². The molecule has 0 aromatic heterocycles. The summed E-state index contributed by atoms with van der Waals surface area (Å²) in [6, 6.07) is 0. The van der Waals surface area contributed by atoms with Crippen molar-refractivity contribution in [2.45, 2.75) is 51.4 Å². The van der Waals surface area contributed by atoms with Gasteiger partial charge in [-0.3, -0.25) is 4.99 Å². The minimum atomic E-state index is 0.832. The van der Waals surface area contributed by atoms with E-state index in [1.54, 1.807) is 0 Å². The third-order valence-electron chi connectivity index (χ3n) is 6.47. The molecule has 0 aromatic rings. The van der Waals surface area contributed by atoms with Crippen LogP contribution in [0.2, 0.25) is 0 Å². The Bertz CT molecular complexity index is 392. The van der Waals surface area contributed by atoms with Crippen LogP contribution in [-0.4, -0.2) is 51.3 Å². The maximum atomic E-state index is 5.45. The van der Waals surface area contributed by atoms with Gasteiger partial charge in [-0.25, -0.2) is 0 Å². The number of nitrogens with one attached hydrogen (secondary N) is 1. The molecule has 2 aliphatic carbocycles. The molecule has 3 unspecified atom stereocenters. The molecule has 132 valence electrons. The largest absolute Gasteiger partial charge is 0.381 e. The van der Waals surface area contributed by atoms with Crippen LogP contribution < -0.4 is 5.32 Å². The molecule has 2 saturated carbocycles. The summed E-state index contributed by atoms with van der Waals surface area (Å²) in [5.41, 5.74) is 0. The van der Waals surface area contributed by atoms with Crippen LogP contribution in [0.15, 0.2) is 4.99 Å². The Kier molecular flexibility index (Phi) is 6.21. The first-order valence-electron chi connectivity index (χ1n) is 9.75. The molecular formula is C19H35N3O. The molecular weight excluding hydrogens is 286 g/mol. The molecule has 1 aliphatic heterocycles. The second-order valence-corrected chi connectivity index (χ2v) is 7.96. The van der Waals surface area contributed by atoms with Crippen molar-refractivity contribution >= 4 is 5.96 Å². The first kappa shape index (κ1) is 17.1. The Morgan fingerprint density at radius 2 is 1.96 bits per heavy atom. The predicted molar refractivity (Wildman–Crippen MR) is 95.7 cm³/mol. The van der Waals surface area contributed by atoms with Gasteiger partial charge in [-0.05, 0) is 68.6 Å². The highest BCUT2D eigenvalue weighted by atomic mass is 16.5. The van der Waals surface area contributed by atoms with E-state index in [4.69, 9.17) is 4.74 Å². The van der Waals surface area contributed by atoms with Gasteiger partial charge in [0.15, 0.2) is 5.96 Å². The van der Waals surface area contributed by atoms with E-state index in [0.717, 1.165) is 55.9 Å². The van der Waals surface area contributed by atoms with Gasteiger partial charge in [0.05, 0.1) is 0 Å². The van der Waals surface area contributed by atoms with Gasteiger partial charge in [0, 0.05) is 40.4 Å². The Morgan fingerprint density at radius 3 is 2.61 bits per heavy atom. The first-order valence-corrected chi connectivity index (χ1v) is 9.75. The van der Waals surface area contributed by atoms with E-state index in [1.165, 1.54) is 51.4 Å². The van der Waals surface area contributed by atoms with Crippen LogP contribution in [0.4, 0.5) is 0 Å².